The molecule has 2 rings (SSSR count). The molecule has 15 heavy (non-hydrogen) atoms. The van der Waals surface area contributed by atoms with E-state index in [1.54, 1.807) is 12.1 Å². The van der Waals surface area contributed by atoms with Crippen molar-refractivity contribution in [2.75, 3.05) is 0 Å². The summed E-state index contributed by atoms with van der Waals surface area (Å²) in [6.07, 6.45) is 1.50. The first-order valence-corrected chi connectivity index (χ1v) is 6.35. The van der Waals surface area contributed by atoms with Crippen LogP contribution in [0.25, 0.3) is 0 Å². The first kappa shape index (κ1) is 10.6. The molecular formula is C10H12FNO2S. The molecule has 0 amide bonds. The van der Waals surface area contributed by atoms with Crippen LogP contribution in [0, 0.1) is 5.82 Å². The normalized spacial score (nSPS) is 16.6. The molecule has 0 atom stereocenters. The average Bonchev–Trinajstić information content (AvgIpc) is 3.00. The standard InChI is InChI=1S/C10H12FNO2S/c11-9-3-1-8(2-4-9)7-12-15(13,14)10-5-6-10/h1-4,10,12H,5-7H2. The molecule has 1 aliphatic carbocycles. The van der Waals surface area contributed by atoms with Gasteiger partial charge in [0, 0.05) is 6.54 Å². The Bertz CT molecular complexity index is 437. The molecule has 0 bridgehead atoms. The van der Waals surface area contributed by atoms with Crippen LogP contribution in [0.5, 0.6) is 0 Å². The molecule has 0 aliphatic heterocycles. The summed E-state index contributed by atoms with van der Waals surface area (Å²) >= 11 is 0. The molecule has 1 aliphatic rings. The number of sulfonamides is 1. The Morgan fingerprint density at radius 1 is 1.27 bits per heavy atom. The van der Waals surface area contributed by atoms with Gasteiger partial charge in [0.1, 0.15) is 5.82 Å². The zero-order valence-electron chi connectivity index (χ0n) is 8.11. The van der Waals surface area contributed by atoms with E-state index in [4.69, 9.17) is 0 Å². The number of halogens is 1. The number of nitrogens with one attached hydrogen (secondary N) is 1. The Balaban J connectivity index is 1.95. The SMILES string of the molecule is O=S(=O)(NCc1ccc(F)cc1)C1CC1. The van der Waals surface area contributed by atoms with E-state index >= 15 is 0 Å². The predicted molar refractivity (Wildman–Crippen MR) is 55.2 cm³/mol. The van der Waals surface area contributed by atoms with Gasteiger partial charge in [-0.2, -0.15) is 0 Å². The second kappa shape index (κ2) is 3.90. The van der Waals surface area contributed by atoms with Gasteiger partial charge in [0.2, 0.25) is 10.0 Å². The highest BCUT2D eigenvalue weighted by atomic mass is 32.2. The van der Waals surface area contributed by atoms with Crippen LogP contribution in [0.2, 0.25) is 0 Å². The minimum Gasteiger partial charge on any atom is -0.212 e. The van der Waals surface area contributed by atoms with Gasteiger partial charge >= 0.3 is 0 Å². The van der Waals surface area contributed by atoms with E-state index in [1.165, 1.54) is 12.1 Å². The van der Waals surface area contributed by atoms with E-state index in [9.17, 15) is 12.8 Å². The minimum absolute atomic E-state index is 0.210. The van der Waals surface area contributed by atoms with Crippen molar-refractivity contribution < 1.29 is 12.8 Å². The van der Waals surface area contributed by atoms with Crippen molar-refractivity contribution in [2.24, 2.45) is 0 Å². The van der Waals surface area contributed by atoms with Gasteiger partial charge < -0.3 is 0 Å². The molecule has 0 spiro atoms. The Labute approximate surface area is 88.4 Å². The van der Waals surface area contributed by atoms with Crippen LogP contribution >= 0.6 is 0 Å². The van der Waals surface area contributed by atoms with Gasteiger partial charge in [-0.05, 0) is 30.5 Å². The summed E-state index contributed by atoms with van der Waals surface area (Å²) in [5, 5.41) is -0.210. The molecule has 1 saturated carbocycles. The van der Waals surface area contributed by atoms with E-state index in [2.05, 4.69) is 4.72 Å². The molecule has 0 aromatic heterocycles. The molecule has 0 saturated heterocycles. The second-order valence-electron chi connectivity index (χ2n) is 3.69. The average molecular weight is 229 g/mol. The number of rotatable bonds is 4. The summed E-state index contributed by atoms with van der Waals surface area (Å²) in [4.78, 5) is 0. The highest BCUT2D eigenvalue weighted by Crippen LogP contribution is 2.27. The lowest BCUT2D eigenvalue weighted by Crippen LogP contribution is -2.26. The molecular weight excluding hydrogens is 217 g/mol. The van der Waals surface area contributed by atoms with Crippen LogP contribution in [-0.4, -0.2) is 13.7 Å². The lowest BCUT2D eigenvalue weighted by molar-refractivity contribution is 0.580. The Morgan fingerprint density at radius 3 is 2.40 bits per heavy atom. The zero-order valence-corrected chi connectivity index (χ0v) is 8.93. The maximum absolute atomic E-state index is 12.6. The summed E-state index contributed by atoms with van der Waals surface area (Å²) in [6, 6.07) is 5.79. The lowest BCUT2D eigenvalue weighted by atomic mass is 10.2. The van der Waals surface area contributed by atoms with Crippen molar-refractivity contribution in [1.82, 2.24) is 4.72 Å². The van der Waals surface area contributed by atoms with Crippen molar-refractivity contribution in [1.29, 1.82) is 0 Å². The Morgan fingerprint density at radius 2 is 1.87 bits per heavy atom. The highest BCUT2D eigenvalue weighted by molar-refractivity contribution is 7.90. The third-order valence-corrected chi connectivity index (χ3v) is 4.25. The van der Waals surface area contributed by atoms with Gasteiger partial charge in [-0.25, -0.2) is 17.5 Å². The minimum atomic E-state index is -3.14. The van der Waals surface area contributed by atoms with E-state index in [1.807, 2.05) is 0 Å². The maximum Gasteiger partial charge on any atom is 0.214 e. The summed E-state index contributed by atoms with van der Waals surface area (Å²) in [6.45, 7) is 0.235. The molecule has 1 fully saturated rings. The first-order chi connectivity index (χ1) is 7.08. The van der Waals surface area contributed by atoms with Crippen molar-refractivity contribution in [3.8, 4) is 0 Å². The van der Waals surface area contributed by atoms with Gasteiger partial charge in [0.25, 0.3) is 0 Å². The molecule has 82 valence electrons. The Kier molecular flexibility index (Phi) is 2.75. The van der Waals surface area contributed by atoms with Crippen LogP contribution in [0.4, 0.5) is 4.39 Å². The lowest BCUT2D eigenvalue weighted by Gasteiger charge is -2.04. The van der Waals surface area contributed by atoms with Gasteiger partial charge in [-0.1, -0.05) is 12.1 Å². The smallest absolute Gasteiger partial charge is 0.212 e. The molecule has 1 N–H and O–H groups in total. The molecule has 3 nitrogen and oxygen atoms in total. The molecule has 1 aromatic carbocycles. The number of hydrogen-bond acceptors (Lipinski definition) is 2. The topological polar surface area (TPSA) is 46.2 Å². The molecule has 0 unspecified atom stereocenters. The van der Waals surface area contributed by atoms with Gasteiger partial charge in [-0.15, -0.1) is 0 Å². The summed E-state index contributed by atoms with van der Waals surface area (Å²) in [5.74, 6) is -0.316. The van der Waals surface area contributed by atoms with Crippen molar-refractivity contribution >= 4 is 10.0 Å². The van der Waals surface area contributed by atoms with Crippen molar-refractivity contribution in [2.45, 2.75) is 24.6 Å². The van der Waals surface area contributed by atoms with Crippen LogP contribution in [-0.2, 0) is 16.6 Å². The summed E-state index contributed by atoms with van der Waals surface area (Å²) in [5.41, 5.74) is 0.764. The van der Waals surface area contributed by atoms with Gasteiger partial charge in [0.15, 0.2) is 0 Å². The monoisotopic (exact) mass is 229 g/mol. The molecule has 0 radical (unpaired) electrons. The second-order valence-corrected chi connectivity index (χ2v) is 5.74. The third-order valence-electron chi connectivity index (χ3n) is 2.35. The Hall–Kier alpha value is -0.940. The fraction of sp³-hybridized carbons (Fsp3) is 0.400. The fourth-order valence-electron chi connectivity index (χ4n) is 1.28. The maximum atomic E-state index is 12.6. The van der Waals surface area contributed by atoms with Crippen LogP contribution in [0.1, 0.15) is 18.4 Å². The summed E-state index contributed by atoms with van der Waals surface area (Å²) in [7, 11) is -3.14. The van der Waals surface area contributed by atoms with E-state index in [0.717, 1.165) is 18.4 Å². The van der Waals surface area contributed by atoms with Crippen LogP contribution in [0.15, 0.2) is 24.3 Å². The highest BCUT2D eigenvalue weighted by Gasteiger charge is 2.35. The fourth-order valence-corrected chi connectivity index (χ4v) is 2.64. The molecule has 5 heteroatoms. The molecule has 1 aromatic rings. The number of benzene rings is 1. The predicted octanol–water partition coefficient (Wildman–Crippen LogP) is 1.41. The molecule has 0 heterocycles. The van der Waals surface area contributed by atoms with Crippen LogP contribution in [0.3, 0.4) is 0 Å². The van der Waals surface area contributed by atoms with Gasteiger partial charge in [0.05, 0.1) is 5.25 Å². The summed E-state index contributed by atoms with van der Waals surface area (Å²) < 4.78 is 38.0. The largest absolute Gasteiger partial charge is 0.214 e. The third kappa shape index (κ3) is 2.76. The van der Waals surface area contributed by atoms with E-state index in [0.29, 0.717) is 0 Å². The van der Waals surface area contributed by atoms with E-state index in [-0.39, 0.29) is 17.6 Å². The zero-order chi connectivity index (χ0) is 10.9. The first-order valence-electron chi connectivity index (χ1n) is 4.81. The van der Waals surface area contributed by atoms with Crippen molar-refractivity contribution in [3.63, 3.8) is 0 Å². The van der Waals surface area contributed by atoms with Crippen LogP contribution < -0.4 is 4.72 Å². The number of hydrogen-bond donors (Lipinski definition) is 1. The van der Waals surface area contributed by atoms with Crippen molar-refractivity contribution in [3.05, 3.63) is 35.6 Å². The van der Waals surface area contributed by atoms with Gasteiger partial charge in [-0.3, -0.25) is 0 Å². The van der Waals surface area contributed by atoms with E-state index < -0.39 is 10.0 Å². The quantitative estimate of drug-likeness (QED) is 0.848.